The van der Waals surface area contributed by atoms with Crippen LogP contribution in [-0.4, -0.2) is 47.2 Å². The number of anilines is 1. The van der Waals surface area contributed by atoms with E-state index in [-0.39, 0.29) is 40.8 Å². The van der Waals surface area contributed by atoms with Crippen LogP contribution in [0.2, 0.25) is 0 Å². The number of methoxy groups -OCH3 is 1. The number of hydrogen-bond donors (Lipinski definition) is 3. The Labute approximate surface area is 170 Å². The summed E-state index contributed by atoms with van der Waals surface area (Å²) in [6.07, 6.45) is 1.96. The van der Waals surface area contributed by atoms with E-state index in [1.807, 2.05) is 0 Å². The van der Waals surface area contributed by atoms with Gasteiger partial charge in [0.25, 0.3) is 5.56 Å². The third-order valence-corrected chi connectivity index (χ3v) is 5.78. The molecule has 4 N–H and O–H groups in total. The fraction of sp³-hybridized carbons (Fsp3) is 0.526. The van der Waals surface area contributed by atoms with Crippen molar-refractivity contribution >= 4 is 22.7 Å². The van der Waals surface area contributed by atoms with E-state index in [0.29, 0.717) is 17.8 Å². The van der Waals surface area contributed by atoms with Crippen molar-refractivity contribution in [3.05, 3.63) is 32.7 Å². The van der Waals surface area contributed by atoms with Gasteiger partial charge in [-0.2, -0.15) is 4.68 Å². The molecule has 11 heteroatoms. The molecule has 1 aliphatic heterocycles. The van der Waals surface area contributed by atoms with Gasteiger partial charge in [0, 0.05) is 25.7 Å². The van der Waals surface area contributed by atoms with Crippen LogP contribution in [-0.2, 0) is 0 Å². The van der Waals surface area contributed by atoms with Crippen LogP contribution in [0, 0.1) is 11.7 Å². The summed E-state index contributed by atoms with van der Waals surface area (Å²) in [7, 11) is 1.38. The number of amides is 1. The topological polar surface area (TPSA) is 132 Å². The Morgan fingerprint density at radius 3 is 2.73 bits per heavy atom. The Balaban J connectivity index is 1.87. The number of carbonyl (C=O) groups is 1. The summed E-state index contributed by atoms with van der Waals surface area (Å²) in [5, 5.41) is 11.2. The second-order valence-corrected chi connectivity index (χ2v) is 7.84. The van der Waals surface area contributed by atoms with Gasteiger partial charge >= 0.3 is 11.8 Å². The van der Waals surface area contributed by atoms with E-state index >= 15 is 4.39 Å². The monoisotopic (exact) mass is 421 g/mol. The Morgan fingerprint density at radius 2 is 2.10 bits per heavy atom. The lowest BCUT2D eigenvalue weighted by molar-refractivity contribution is 0.191. The molecule has 2 heterocycles. The summed E-state index contributed by atoms with van der Waals surface area (Å²) >= 11 is 0. The SMILES string of the molecule is COc1c(N2CCCC(CNC(=O)O)C2)c(F)cc2c(=O)n(N)c(=O)n(C3CC3)c12. The summed E-state index contributed by atoms with van der Waals surface area (Å²) in [6.45, 7) is 1.22. The van der Waals surface area contributed by atoms with Crippen molar-refractivity contribution in [2.24, 2.45) is 5.92 Å². The molecule has 1 aliphatic carbocycles. The third kappa shape index (κ3) is 3.33. The first-order chi connectivity index (χ1) is 14.3. The highest BCUT2D eigenvalue weighted by Gasteiger charge is 2.33. The van der Waals surface area contributed by atoms with Gasteiger partial charge < -0.3 is 25.9 Å². The molecule has 1 aromatic heterocycles. The van der Waals surface area contributed by atoms with E-state index in [2.05, 4.69) is 5.32 Å². The molecule has 162 valence electrons. The first-order valence-electron chi connectivity index (χ1n) is 9.88. The van der Waals surface area contributed by atoms with Crippen molar-refractivity contribution in [1.29, 1.82) is 0 Å². The molecule has 4 rings (SSSR count). The smallest absolute Gasteiger partial charge is 0.404 e. The molecular weight excluding hydrogens is 397 g/mol. The average molecular weight is 421 g/mol. The zero-order valence-corrected chi connectivity index (χ0v) is 16.6. The van der Waals surface area contributed by atoms with Gasteiger partial charge in [0.1, 0.15) is 11.2 Å². The van der Waals surface area contributed by atoms with Crippen molar-refractivity contribution in [3.8, 4) is 5.75 Å². The Hall–Kier alpha value is -3.24. The lowest BCUT2D eigenvalue weighted by atomic mass is 9.97. The summed E-state index contributed by atoms with van der Waals surface area (Å²) in [5.41, 5.74) is -1.02. The zero-order chi connectivity index (χ0) is 21.6. The van der Waals surface area contributed by atoms with E-state index in [4.69, 9.17) is 15.7 Å². The number of piperidine rings is 1. The van der Waals surface area contributed by atoms with Crippen molar-refractivity contribution in [3.63, 3.8) is 0 Å². The minimum absolute atomic E-state index is 0.00248. The number of aromatic nitrogens is 2. The van der Waals surface area contributed by atoms with Gasteiger partial charge in [0.15, 0.2) is 11.6 Å². The van der Waals surface area contributed by atoms with Gasteiger partial charge in [-0.25, -0.2) is 14.0 Å². The van der Waals surface area contributed by atoms with Crippen LogP contribution in [0.1, 0.15) is 31.7 Å². The normalized spacial score (nSPS) is 19.1. The number of nitrogens with two attached hydrogens (primary N) is 1. The number of carboxylic acid groups (broad SMARTS) is 1. The number of benzene rings is 1. The fourth-order valence-corrected chi connectivity index (χ4v) is 4.26. The predicted molar refractivity (Wildman–Crippen MR) is 108 cm³/mol. The molecule has 1 unspecified atom stereocenters. The number of nitrogens with one attached hydrogen (secondary N) is 1. The summed E-state index contributed by atoms with van der Waals surface area (Å²) in [6, 6.07) is 0.993. The molecule has 1 saturated heterocycles. The van der Waals surface area contributed by atoms with Crippen LogP contribution in [0.25, 0.3) is 10.9 Å². The molecule has 30 heavy (non-hydrogen) atoms. The van der Waals surface area contributed by atoms with Crippen LogP contribution in [0.3, 0.4) is 0 Å². The standard InChI is InChI=1S/C19H24FN5O5/c1-30-16-14-12(17(26)25(21)19(29)24(14)11-4-5-11)7-13(20)15(16)23-6-2-3-10(9-23)8-22-18(27)28/h7,10-11,22H,2-6,8-9,21H2,1H3,(H,27,28). The second-order valence-electron chi connectivity index (χ2n) is 7.84. The average Bonchev–Trinajstić information content (AvgIpc) is 3.56. The van der Waals surface area contributed by atoms with Crippen LogP contribution >= 0.6 is 0 Å². The molecule has 1 saturated carbocycles. The van der Waals surface area contributed by atoms with E-state index < -0.39 is 23.2 Å². The third-order valence-electron chi connectivity index (χ3n) is 5.78. The summed E-state index contributed by atoms with van der Waals surface area (Å²) < 4.78 is 22.7. The van der Waals surface area contributed by atoms with Crippen molar-refractivity contribution in [2.45, 2.75) is 31.7 Å². The molecule has 2 aliphatic rings. The molecule has 0 spiro atoms. The molecular formula is C19H24FN5O5. The van der Waals surface area contributed by atoms with Gasteiger partial charge in [-0.3, -0.25) is 9.36 Å². The Kier molecular flexibility index (Phi) is 5.04. The molecule has 1 atom stereocenters. The molecule has 10 nitrogen and oxygen atoms in total. The van der Waals surface area contributed by atoms with E-state index in [0.717, 1.165) is 31.7 Å². The Morgan fingerprint density at radius 1 is 1.37 bits per heavy atom. The second kappa shape index (κ2) is 7.54. The quantitative estimate of drug-likeness (QED) is 0.610. The van der Waals surface area contributed by atoms with Crippen molar-refractivity contribution in [1.82, 2.24) is 14.6 Å². The highest BCUT2D eigenvalue weighted by Crippen LogP contribution is 2.43. The number of nitrogen functional groups attached to an aromatic ring is 1. The van der Waals surface area contributed by atoms with Crippen molar-refractivity contribution in [2.75, 3.05) is 37.5 Å². The van der Waals surface area contributed by atoms with Crippen LogP contribution < -0.4 is 32.0 Å². The van der Waals surface area contributed by atoms with E-state index in [9.17, 15) is 14.4 Å². The maximum Gasteiger partial charge on any atom is 0.404 e. The number of rotatable bonds is 5. The van der Waals surface area contributed by atoms with Gasteiger partial charge in [-0.05, 0) is 37.7 Å². The molecule has 2 aromatic rings. The Bertz CT molecular complexity index is 1120. The maximum absolute atomic E-state index is 15.2. The lowest BCUT2D eigenvalue weighted by Gasteiger charge is -2.35. The number of halogens is 1. The van der Waals surface area contributed by atoms with E-state index in [1.54, 1.807) is 4.90 Å². The minimum Gasteiger partial charge on any atom is -0.492 e. The van der Waals surface area contributed by atoms with Gasteiger partial charge in [0.2, 0.25) is 0 Å². The molecule has 1 amide bonds. The van der Waals surface area contributed by atoms with Crippen LogP contribution in [0.5, 0.6) is 5.75 Å². The van der Waals surface area contributed by atoms with Crippen LogP contribution in [0.4, 0.5) is 14.9 Å². The number of hydrogen-bond acceptors (Lipinski definition) is 6. The molecule has 0 bridgehead atoms. The number of fused-ring (bicyclic) bond motifs is 1. The van der Waals surface area contributed by atoms with Gasteiger partial charge in [-0.15, -0.1) is 0 Å². The first kappa shape index (κ1) is 20.0. The molecule has 0 radical (unpaired) electrons. The summed E-state index contributed by atoms with van der Waals surface area (Å²) in [5.74, 6) is 5.13. The number of ether oxygens (including phenoxy) is 1. The highest BCUT2D eigenvalue weighted by molar-refractivity contribution is 5.91. The van der Waals surface area contributed by atoms with Crippen LogP contribution in [0.15, 0.2) is 15.7 Å². The first-order valence-corrected chi connectivity index (χ1v) is 9.88. The number of nitrogens with zero attached hydrogens (tertiary/aromatic N) is 3. The largest absolute Gasteiger partial charge is 0.492 e. The van der Waals surface area contributed by atoms with Gasteiger partial charge in [0.05, 0.1) is 12.5 Å². The van der Waals surface area contributed by atoms with E-state index in [1.165, 1.54) is 11.7 Å². The fourth-order valence-electron chi connectivity index (χ4n) is 4.26. The highest BCUT2D eigenvalue weighted by atomic mass is 19.1. The van der Waals surface area contributed by atoms with Crippen molar-refractivity contribution < 1.29 is 19.0 Å². The maximum atomic E-state index is 15.2. The zero-order valence-electron chi connectivity index (χ0n) is 16.6. The summed E-state index contributed by atoms with van der Waals surface area (Å²) in [4.78, 5) is 37.9. The molecule has 1 aromatic carbocycles. The molecule has 2 fully saturated rings. The minimum atomic E-state index is -1.10. The van der Waals surface area contributed by atoms with Gasteiger partial charge in [-0.1, -0.05) is 0 Å². The predicted octanol–water partition coefficient (Wildman–Crippen LogP) is 0.844. The lowest BCUT2D eigenvalue weighted by Crippen LogP contribution is -2.45.